The van der Waals surface area contributed by atoms with E-state index in [1.54, 1.807) is 0 Å². The summed E-state index contributed by atoms with van der Waals surface area (Å²) in [5.41, 5.74) is 6.78. The van der Waals surface area contributed by atoms with E-state index in [2.05, 4.69) is 29.2 Å². The molecule has 3 nitrogen and oxygen atoms in total. The monoisotopic (exact) mass is 365 g/mol. The molecule has 58 valence electrons. The topological polar surface area (TPSA) is 41.6 Å². The lowest BCUT2D eigenvalue weighted by atomic mass is 10.1. The van der Waals surface area contributed by atoms with Crippen molar-refractivity contribution in [1.82, 2.24) is 3.11 Å². The average Bonchev–Trinajstić information content (AvgIpc) is 2.30. The summed E-state index contributed by atoms with van der Waals surface area (Å²) >= 11 is 4.34. The Bertz CT molecular complexity index is 148. The fraction of sp³-hybridized carbons (Fsp3) is 0.800. The molecule has 1 rings (SSSR count). The van der Waals surface area contributed by atoms with Crippen LogP contribution in [-0.4, -0.2) is 28.5 Å². The Morgan fingerprint density at radius 1 is 1.80 bits per heavy atom. The molecule has 0 saturated carbocycles. The van der Waals surface area contributed by atoms with E-state index in [0.717, 1.165) is 19.6 Å². The molecule has 0 aliphatic carbocycles. The summed E-state index contributed by atoms with van der Waals surface area (Å²) in [7, 11) is 0. The molecule has 5 heteroatoms. The highest BCUT2D eigenvalue weighted by Gasteiger charge is 2.25. The first-order valence-electron chi connectivity index (χ1n) is 3.06. The van der Waals surface area contributed by atoms with Gasteiger partial charge in [-0.3, -0.25) is 0 Å². The van der Waals surface area contributed by atoms with E-state index in [-0.39, 0.29) is 0 Å². The lowest BCUT2D eigenvalue weighted by Gasteiger charge is -2.03. The number of nitrogens with zero attached hydrogens (tertiary/aromatic N) is 2. The van der Waals surface area contributed by atoms with Crippen LogP contribution in [0.4, 0.5) is 0 Å². The Morgan fingerprint density at radius 3 is 2.90 bits per heavy atom. The smallest absolute Gasteiger partial charge is 0.0831 e. The van der Waals surface area contributed by atoms with Gasteiger partial charge < -0.3 is 5.73 Å². The van der Waals surface area contributed by atoms with Crippen LogP contribution in [0.2, 0.25) is 0 Å². The van der Waals surface area contributed by atoms with Crippen LogP contribution in [0.3, 0.4) is 0 Å². The fourth-order valence-corrected chi connectivity index (χ4v) is 2.39. The van der Waals surface area contributed by atoms with Crippen molar-refractivity contribution in [2.75, 3.05) is 19.6 Å². The number of halogens is 2. The molecule has 0 amide bonds. The minimum atomic E-state index is 0.494. The minimum Gasteiger partial charge on any atom is -0.330 e. The summed E-state index contributed by atoms with van der Waals surface area (Å²) in [4.78, 5) is 0. The van der Waals surface area contributed by atoms with Crippen molar-refractivity contribution < 1.29 is 0 Å². The third kappa shape index (κ3) is 2.02. The van der Waals surface area contributed by atoms with Crippen LogP contribution < -0.4 is 5.73 Å². The maximum atomic E-state index is 5.55. The van der Waals surface area contributed by atoms with Gasteiger partial charge in [0.2, 0.25) is 0 Å². The van der Waals surface area contributed by atoms with Crippen molar-refractivity contribution >= 4 is 51.4 Å². The van der Waals surface area contributed by atoms with Gasteiger partial charge in [0, 0.05) is 54.1 Å². The summed E-state index contributed by atoms with van der Waals surface area (Å²) in [6, 6.07) is 0. The van der Waals surface area contributed by atoms with E-state index in [1.807, 2.05) is 22.9 Å². The lowest BCUT2D eigenvalue weighted by molar-refractivity contribution is 0.571. The largest absolute Gasteiger partial charge is 0.330 e. The molecule has 10 heavy (non-hydrogen) atoms. The molecule has 2 N–H and O–H groups in total. The Balaban J connectivity index is 2.58. The van der Waals surface area contributed by atoms with Crippen molar-refractivity contribution in [2.24, 2.45) is 14.9 Å². The van der Waals surface area contributed by atoms with Gasteiger partial charge in [-0.05, 0) is 0 Å². The van der Waals surface area contributed by atoms with E-state index >= 15 is 0 Å². The molecule has 1 saturated heterocycles. The van der Waals surface area contributed by atoms with Crippen molar-refractivity contribution in [1.29, 1.82) is 0 Å². The first-order valence-corrected chi connectivity index (χ1v) is 4.99. The van der Waals surface area contributed by atoms with Crippen LogP contribution in [0.25, 0.3) is 0 Å². The van der Waals surface area contributed by atoms with Crippen molar-refractivity contribution in [3.05, 3.63) is 0 Å². The molecule has 1 atom stereocenters. The first kappa shape index (κ1) is 9.14. The van der Waals surface area contributed by atoms with E-state index < -0.39 is 0 Å². The number of nitrogens with two attached hydrogens (primary N) is 1. The van der Waals surface area contributed by atoms with E-state index in [4.69, 9.17) is 5.73 Å². The van der Waals surface area contributed by atoms with E-state index in [1.165, 1.54) is 5.71 Å². The minimum absolute atomic E-state index is 0.494. The Morgan fingerprint density at radius 2 is 2.50 bits per heavy atom. The van der Waals surface area contributed by atoms with Gasteiger partial charge in [0.25, 0.3) is 0 Å². The summed E-state index contributed by atoms with van der Waals surface area (Å²) in [5.74, 6) is 0.494. The maximum Gasteiger partial charge on any atom is 0.0831 e. The summed E-state index contributed by atoms with van der Waals surface area (Å²) < 4.78 is 6.37. The van der Waals surface area contributed by atoms with Crippen LogP contribution in [-0.2, 0) is 0 Å². The molecule has 1 heterocycles. The maximum absolute atomic E-state index is 5.55. The Labute approximate surface area is 88.4 Å². The van der Waals surface area contributed by atoms with Crippen LogP contribution in [0, 0.1) is 5.92 Å². The third-order valence-corrected chi connectivity index (χ3v) is 2.97. The van der Waals surface area contributed by atoms with Gasteiger partial charge in [-0.25, -0.2) is 6.32 Å². The van der Waals surface area contributed by atoms with Crippen molar-refractivity contribution in [2.45, 2.75) is 0 Å². The average molecular weight is 365 g/mol. The molecule has 1 aliphatic rings. The highest BCUT2D eigenvalue weighted by molar-refractivity contribution is 14.1. The standard InChI is InChI=1S/C5H9I2N3/c6-9-5-3-10(7)2-4(5)1-8/h4H,1-3,8H2/b9-5-. The zero-order valence-corrected chi connectivity index (χ0v) is 9.74. The van der Waals surface area contributed by atoms with Gasteiger partial charge in [0.1, 0.15) is 0 Å². The van der Waals surface area contributed by atoms with Crippen molar-refractivity contribution in [3.8, 4) is 0 Å². The van der Waals surface area contributed by atoms with Gasteiger partial charge >= 0.3 is 0 Å². The highest BCUT2D eigenvalue weighted by Crippen LogP contribution is 2.17. The molecule has 0 aromatic rings. The third-order valence-electron chi connectivity index (χ3n) is 1.62. The second kappa shape index (κ2) is 4.17. The van der Waals surface area contributed by atoms with Crippen LogP contribution in [0.5, 0.6) is 0 Å². The molecule has 0 aromatic heterocycles. The second-order valence-corrected chi connectivity index (χ2v) is 4.16. The fourth-order valence-electron chi connectivity index (χ4n) is 1.02. The highest BCUT2D eigenvalue weighted by atomic mass is 127. The Hall–Kier alpha value is 1.05. The second-order valence-electron chi connectivity index (χ2n) is 2.31. The predicted molar refractivity (Wildman–Crippen MR) is 59.6 cm³/mol. The van der Waals surface area contributed by atoms with Gasteiger partial charge in [-0.15, -0.1) is 0 Å². The summed E-state index contributed by atoms with van der Waals surface area (Å²) in [6.07, 6.45) is 0. The normalized spacial score (nSPS) is 31.9. The first-order chi connectivity index (χ1) is 4.77. The van der Waals surface area contributed by atoms with Crippen molar-refractivity contribution in [3.63, 3.8) is 0 Å². The molecule has 0 aromatic carbocycles. The van der Waals surface area contributed by atoms with Gasteiger partial charge in [-0.2, -0.15) is 0 Å². The Kier molecular flexibility index (Phi) is 3.81. The molecule has 0 bridgehead atoms. The molecular weight excluding hydrogens is 356 g/mol. The SMILES string of the molecule is NCC1CN(I)C/C1=N/I. The van der Waals surface area contributed by atoms with Crippen LogP contribution >= 0.6 is 45.7 Å². The number of hydrogen-bond acceptors (Lipinski definition) is 3. The van der Waals surface area contributed by atoms with Gasteiger partial charge in [-0.1, -0.05) is 0 Å². The molecule has 0 spiro atoms. The lowest BCUT2D eigenvalue weighted by Crippen LogP contribution is -2.21. The number of rotatable bonds is 1. The summed E-state index contributed by atoms with van der Waals surface area (Å²) in [5, 5.41) is 0. The van der Waals surface area contributed by atoms with Gasteiger partial charge in [0.05, 0.1) is 22.9 Å². The molecule has 1 unspecified atom stereocenters. The predicted octanol–water partition coefficient (Wildman–Crippen LogP) is 1.02. The summed E-state index contributed by atoms with van der Waals surface area (Å²) in [6.45, 7) is 2.76. The molecular formula is C5H9I2N3. The zero-order chi connectivity index (χ0) is 7.56. The van der Waals surface area contributed by atoms with Crippen LogP contribution in [0.1, 0.15) is 0 Å². The number of hydrogen-bond donors (Lipinski definition) is 1. The van der Waals surface area contributed by atoms with Crippen LogP contribution in [0.15, 0.2) is 3.21 Å². The molecule has 1 aliphatic heterocycles. The molecule has 1 fully saturated rings. The zero-order valence-electron chi connectivity index (χ0n) is 5.43. The van der Waals surface area contributed by atoms with E-state index in [9.17, 15) is 0 Å². The molecule has 0 radical (unpaired) electrons. The van der Waals surface area contributed by atoms with Gasteiger partial charge in [0.15, 0.2) is 0 Å². The van der Waals surface area contributed by atoms with E-state index in [0.29, 0.717) is 5.92 Å². The quantitative estimate of drug-likeness (QED) is 0.557.